The van der Waals surface area contributed by atoms with E-state index in [0.717, 1.165) is 11.1 Å². The fraction of sp³-hybridized carbons (Fsp3) is 0.312. The number of rotatable bonds is 5. The molecule has 2 amide bonds. The number of carbonyl (C=O) groups is 3. The van der Waals surface area contributed by atoms with Gasteiger partial charge in [0, 0.05) is 24.8 Å². The first-order valence-corrected chi connectivity index (χ1v) is 6.72. The molecule has 5 nitrogen and oxygen atoms in total. The van der Waals surface area contributed by atoms with Gasteiger partial charge in [-0.15, -0.1) is 11.5 Å². The van der Waals surface area contributed by atoms with E-state index in [1.54, 1.807) is 0 Å². The van der Waals surface area contributed by atoms with Gasteiger partial charge in [-0.3, -0.25) is 9.59 Å². The van der Waals surface area contributed by atoms with E-state index in [9.17, 15) is 14.4 Å². The summed E-state index contributed by atoms with van der Waals surface area (Å²) >= 11 is 0. The molecule has 21 heavy (non-hydrogen) atoms. The molecule has 0 aliphatic carbocycles. The lowest BCUT2D eigenvalue weighted by molar-refractivity contribution is -0.197. The smallest absolute Gasteiger partial charge is 0.330 e. The highest BCUT2D eigenvalue weighted by Gasteiger charge is 2.32. The molecule has 108 valence electrons. The summed E-state index contributed by atoms with van der Waals surface area (Å²) in [7, 11) is 0. The van der Waals surface area contributed by atoms with Crippen LogP contribution in [0, 0.1) is 12.3 Å². The maximum absolute atomic E-state index is 11.6. The van der Waals surface area contributed by atoms with E-state index >= 15 is 0 Å². The molecule has 0 radical (unpaired) electrons. The molecule has 1 aliphatic rings. The normalized spacial score (nSPS) is 14.1. The van der Waals surface area contributed by atoms with Crippen LogP contribution in [0.2, 0.25) is 0 Å². The fourth-order valence-electron chi connectivity index (χ4n) is 2.06. The number of aryl methyl sites for hydroxylation is 1. The second-order valence-corrected chi connectivity index (χ2v) is 4.74. The third kappa shape index (κ3) is 3.93. The number of benzene rings is 1. The monoisotopic (exact) mass is 285 g/mol. The number of imide groups is 1. The standard InChI is InChI=1S/C16H15NO4/c1-2-12-5-3-6-13(11-12)7-4-8-16(20)21-17-14(18)9-10-15(17)19/h1,3,5-6,11H,4,7-10H2. The average molecular weight is 285 g/mol. The molecule has 1 heterocycles. The third-order valence-corrected chi connectivity index (χ3v) is 3.14. The molecule has 1 aromatic rings. The summed E-state index contributed by atoms with van der Waals surface area (Å²) in [5.41, 5.74) is 1.83. The van der Waals surface area contributed by atoms with Crippen molar-refractivity contribution in [2.45, 2.75) is 32.1 Å². The quantitative estimate of drug-likeness (QED) is 0.609. The molecule has 1 aliphatic heterocycles. The van der Waals surface area contributed by atoms with Crippen LogP contribution >= 0.6 is 0 Å². The van der Waals surface area contributed by atoms with Gasteiger partial charge in [0.1, 0.15) is 0 Å². The Labute approximate surface area is 122 Å². The van der Waals surface area contributed by atoms with Crippen LogP contribution in [0.15, 0.2) is 24.3 Å². The van der Waals surface area contributed by atoms with E-state index in [4.69, 9.17) is 11.3 Å². The number of nitrogens with zero attached hydrogens (tertiary/aromatic N) is 1. The van der Waals surface area contributed by atoms with Gasteiger partial charge in [-0.05, 0) is 30.5 Å². The summed E-state index contributed by atoms with van der Waals surface area (Å²) in [4.78, 5) is 39.0. The van der Waals surface area contributed by atoms with Gasteiger partial charge in [0.15, 0.2) is 0 Å². The molecular formula is C16H15NO4. The van der Waals surface area contributed by atoms with Gasteiger partial charge in [-0.2, -0.15) is 0 Å². The fourth-order valence-corrected chi connectivity index (χ4v) is 2.06. The van der Waals surface area contributed by atoms with Crippen molar-refractivity contribution in [1.29, 1.82) is 0 Å². The summed E-state index contributed by atoms with van der Waals surface area (Å²) in [6.45, 7) is 0. The Morgan fingerprint density at radius 1 is 1.29 bits per heavy atom. The van der Waals surface area contributed by atoms with Gasteiger partial charge in [0.25, 0.3) is 11.8 Å². The van der Waals surface area contributed by atoms with Crippen LogP contribution in [-0.4, -0.2) is 22.8 Å². The molecule has 0 spiro atoms. The lowest BCUT2D eigenvalue weighted by Gasteiger charge is -2.12. The second-order valence-electron chi connectivity index (χ2n) is 4.74. The van der Waals surface area contributed by atoms with Crippen LogP contribution in [0.5, 0.6) is 0 Å². The zero-order valence-electron chi connectivity index (χ0n) is 11.5. The van der Waals surface area contributed by atoms with Crippen molar-refractivity contribution in [3.63, 3.8) is 0 Å². The second kappa shape index (κ2) is 6.71. The van der Waals surface area contributed by atoms with Gasteiger partial charge in [0.2, 0.25) is 0 Å². The molecule has 1 saturated heterocycles. The Kier molecular flexibility index (Phi) is 4.72. The van der Waals surface area contributed by atoms with Crippen LogP contribution in [0.25, 0.3) is 0 Å². The molecule has 0 unspecified atom stereocenters. The summed E-state index contributed by atoms with van der Waals surface area (Å²) in [5.74, 6) is 1.05. The zero-order chi connectivity index (χ0) is 15.2. The molecule has 0 N–H and O–H groups in total. The first kappa shape index (κ1) is 14.8. The van der Waals surface area contributed by atoms with Gasteiger partial charge in [0.05, 0.1) is 0 Å². The highest BCUT2D eigenvalue weighted by atomic mass is 16.7. The molecule has 0 atom stereocenters. The minimum atomic E-state index is -0.577. The number of carbonyl (C=O) groups excluding carboxylic acids is 3. The van der Waals surface area contributed by atoms with E-state index < -0.39 is 17.8 Å². The lowest BCUT2D eigenvalue weighted by Crippen LogP contribution is -2.31. The minimum absolute atomic E-state index is 0.102. The third-order valence-electron chi connectivity index (χ3n) is 3.14. The zero-order valence-corrected chi connectivity index (χ0v) is 11.5. The highest BCUT2D eigenvalue weighted by Crippen LogP contribution is 2.14. The Morgan fingerprint density at radius 2 is 2.00 bits per heavy atom. The highest BCUT2D eigenvalue weighted by molar-refractivity contribution is 6.01. The number of hydrogen-bond donors (Lipinski definition) is 0. The van der Waals surface area contributed by atoms with Crippen molar-refractivity contribution in [2.24, 2.45) is 0 Å². The predicted molar refractivity (Wildman–Crippen MR) is 74.5 cm³/mol. The predicted octanol–water partition coefficient (Wildman–Crippen LogP) is 1.60. The summed E-state index contributed by atoms with van der Waals surface area (Å²) in [5, 5.41) is 0.571. The summed E-state index contributed by atoms with van der Waals surface area (Å²) in [6, 6.07) is 7.52. The number of terminal acetylenes is 1. The number of hydroxylamine groups is 2. The first-order valence-electron chi connectivity index (χ1n) is 6.72. The molecule has 0 bridgehead atoms. The van der Waals surface area contributed by atoms with Gasteiger partial charge < -0.3 is 4.84 Å². The van der Waals surface area contributed by atoms with Crippen LogP contribution in [0.3, 0.4) is 0 Å². The Morgan fingerprint density at radius 3 is 2.67 bits per heavy atom. The van der Waals surface area contributed by atoms with Crippen LogP contribution in [0.1, 0.15) is 36.8 Å². The van der Waals surface area contributed by atoms with Crippen molar-refractivity contribution >= 4 is 17.8 Å². The van der Waals surface area contributed by atoms with Crippen molar-refractivity contribution in [3.8, 4) is 12.3 Å². The topological polar surface area (TPSA) is 63.7 Å². The van der Waals surface area contributed by atoms with Crippen molar-refractivity contribution < 1.29 is 19.2 Å². The van der Waals surface area contributed by atoms with Crippen LogP contribution in [-0.2, 0) is 25.6 Å². The number of hydrogen-bond acceptors (Lipinski definition) is 4. The van der Waals surface area contributed by atoms with Gasteiger partial charge in [-0.1, -0.05) is 18.1 Å². The van der Waals surface area contributed by atoms with Crippen molar-refractivity contribution in [2.75, 3.05) is 0 Å². The maximum atomic E-state index is 11.6. The minimum Gasteiger partial charge on any atom is -0.330 e. The summed E-state index contributed by atoms with van der Waals surface area (Å²) < 4.78 is 0. The first-order chi connectivity index (χ1) is 10.1. The van der Waals surface area contributed by atoms with Crippen LogP contribution in [0.4, 0.5) is 0 Å². The molecule has 1 fully saturated rings. The molecule has 2 rings (SSSR count). The SMILES string of the molecule is C#Cc1cccc(CCCC(=O)ON2C(=O)CCC2=O)c1. The Hall–Kier alpha value is -2.61. The molecule has 0 saturated carbocycles. The molecule has 0 aromatic heterocycles. The van der Waals surface area contributed by atoms with Crippen molar-refractivity contribution in [1.82, 2.24) is 5.06 Å². The van der Waals surface area contributed by atoms with E-state index in [1.165, 1.54) is 0 Å². The molecule has 1 aromatic carbocycles. The van der Waals surface area contributed by atoms with E-state index in [-0.39, 0.29) is 19.3 Å². The van der Waals surface area contributed by atoms with Crippen molar-refractivity contribution in [3.05, 3.63) is 35.4 Å². The maximum Gasteiger partial charge on any atom is 0.333 e. The molecular weight excluding hydrogens is 270 g/mol. The summed E-state index contributed by atoms with van der Waals surface area (Å²) in [6.07, 6.45) is 6.89. The van der Waals surface area contributed by atoms with E-state index in [0.29, 0.717) is 17.9 Å². The van der Waals surface area contributed by atoms with E-state index in [1.807, 2.05) is 24.3 Å². The van der Waals surface area contributed by atoms with Gasteiger partial charge >= 0.3 is 5.97 Å². The largest absolute Gasteiger partial charge is 0.333 e. The lowest BCUT2D eigenvalue weighted by atomic mass is 10.1. The van der Waals surface area contributed by atoms with E-state index in [2.05, 4.69) is 5.92 Å². The average Bonchev–Trinajstić information content (AvgIpc) is 2.79. The Balaban J connectivity index is 1.78. The number of amides is 2. The Bertz CT molecular complexity index is 599. The van der Waals surface area contributed by atoms with Gasteiger partial charge in [-0.25, -0.2) is 4.79 Å². The van der Waals surface area contributed by atoms with Crippen LogP contribution < -0.4 is 0 Å². The molecule has 5 heteroatoms.